The molecule has 3 N–H and O–H groups in total. The van der Waals surface area contributed by atoms with Crippen molar-refractivity contribution in [1.82, 2.24) is 0 Å². The van der Waals surface area contributed by atoms with Gasteiger partial charge in [-0.3, -0.25) is 0 Å². The quantitative estimate of drug-likeness (QED) is 0.675. The molecule has 1 saturated carbocycles. The Balaban J connectivity index is 2.27. The molecule has 1 rings (SSSR count). The Morgan fingerprint density at radius 3 is 2.50 bits per heavy atom. The highest BCUT2D eigenvalue weighted by Crippen LogP contribution is 2.21. The average molecular weight is 228 g/mol. The summed E-state index contributed by atoms with van der Waals surface area (Å²) < 4.78 is 0. The molecule has 2 heteroatoms. The highest BCUT2D eigenvalue weighted by Gasteiger charge is 2.27. The molecular formula is C14H32N2+2. The van der Waals surface area contributed by atoms with E-state index in [1.165, 1.54) is 38.8 Å². The third-order valence-electron chi connectivity index (χ3n) is 3.81. The lowest BCUT2D eigenvalue weighted by molar-refractivity contribution is -0.869. The normalized spacial score (nSPS) is 27.4. The molecule has 0 saturated heterocycles. The van der Waals surface area contributed by atoms with Crippen molar-refractivity contribution in [3.63, 3.8) is 0 Å². The molecule has 0 bridgehead atoms. The molecule has 1 aliphatic rings. The molecule has 0 unspecified atom stereocenters. The van der Waals surface area contributed by atoms with E-state index in [2.05, 4.69) is 40.2 Å². The molecule has 0 radical (unpaired) electrons. The Bertz CT molecular complexity index is 199. The summed E-state index contributed by atoms with van der Waals surface area (Å²) in [5.41, 5.74) is 0.472. The minimum absolute atomic E-state index is 0.472. The first-order valence-corrected chi connectivity index (χ1v) is 7.01. The van der Waals surface area contributed by atoms with Gasteiger partial charge in [-0.25, -0.2) is 0 Å². The number of hydrogen-bond donors (Lipinski definition) is 2. The largest absolute Gasteiger partial charge is 0.343 e. The topological polar surface area (TPSA) is 21.1 Å². The maximum Gasteiger partial charge on any atom is 0.0873 e. The molecule has 0 spiro atoms. The Hall–Kier alpha value is -0.0800. The Morgan fingerprint density at radius 1 is 1.25 bits per heavy atom. The monoisotopic (exact) mass is 228 g/mol. The van der Waals surface area contributed by atoms with Crippen LogP contribution in [0.4, 0.5) is 0 Å². The van der Waals surface area contributed by atoms with Gasteiger partial charge in [0, 0.05) is 6.42 Å². The van der Waals surface area contributed by atoms with E-state index in [0.717, 1.165) is 12.0 Å². The van der Waals surface area contributed by atoms with Gasteiger partial charge < -0.3 is 10.2 Å². The molecule has 0 aromatic carbocycles. The lowest BCUT2D eigenvalue weighted by atomic mass is 9.86. The fourth-order valence-corrected chi connectivity index (χ4v) is 3.21. The molecule has 1 aliphatic carbocycles. The fourth-order valence-electron chi connectivity index (χ4n) is 3.21. The van der Waals surface area contributed by atoms with Crippen molar-refractivity contribution in [2.45, 2.75) is 52.5 Å². The summed E-state index contributed by atoms with van der Waals surface area (Å²) in [7, 11) is 4.51. The van der Waals surface area contributed by atoms with Crippen LogP contribution >= 0.6 is 0 Å². The van der Waals surface area contributed by atoms with Gasteiger partial charge in [0.2, 0.25) is 0 Å². The lowest BCUT2D eigenvalue weighted by Crippen LogP contribution is -3.08. The summed E-state index contributed by atoms with van der Waals surface area (Å²) in [5.74, 6) is 0.956. The maximum atomic E-state index is 2.62. The Kier molecular flexibility index (Phi) is 5.26. The standard InChI is InChI=1S/C14H30N2/c1-12-7-6-8-13(9-12)15-10-14(2,3)11-16(4)5/h12-13,15H,6-11H2,1-5H3/p+2/t12-,13-/m0/s1. The first kappa shape index (κ1) is 14.0. The molecule has 2 atom stereocenters. The summed E-state index contributed by atoms with van der Waals surface area (Å²) in [6.45, 7) is 9.78. The van der Waals surface area contributed by atoms with Gasteiger partial charge in [-0.1, -0.05) is 13.3 Å². The highest BCUT2D eigenvalue weighted by molar-refractivity contribution is 4.70. The van der Waals surface area contributed by atoms with Crippen molar-refractivity contribution in [3.8, 4) is 0 Å². The minimum Gasteiger partial charge on any atom is -0.343 e. The van der Waals surface area contributed by atoms with Gasteiger partial charge in [0.15, 0.2) is 0 Å². The SMILES string of the molecule is C[C@H]1CCC[C@H]([NH2+]CC(C)(C)C[NH+](C)C)C1. The highest BCUT2D eigenvalue weighted by atomic mass is 15.1. The van der Waals surface area contributed by atoms with Crippen molar-refractivity contribution >= 4 is 0 Å². The molecule has 0 amide bonds. The molecule has 0 aromatic heterocycles. The number of nitrogens with two attached hydrogens (primary N) is 1. The summed E-state index contributed by atoms with van der Waals surface area (Å²) in [5, 5.41) is 2.62. The lowest BCUT2D eigenvalue weighted by Gasteiger charge is -2.29. The second-order valence-corrected chi connectivity index (χ2v) is 7.02. The molecule has 96 valence electrons. The first-order chi connectivity index (χ1) is 7.39. The van der Waals surface area contributed by atoms with Crippen molar-refractivity contribution in [2.75, 3.05) is 27.2 Å². The van der Waals surface area contributed by atoms with Gasteiger partial charge in [0.25, 0.3) is 0 Å². The maximum absolute atomic E-state index is 2.62. The number of hydrogen-bond acceptors (Lipinski definition) is 0. The van der Waals surface area contributed by atoms with Gasteiger partial charge in [0.1, 0.15) is 0 Å². The number of quaternary nitrogens is 2. The summed E-state index contributed by atoms with van der Waals surface area (Å²) in [4.78, 5) is 1.57. The third-order valence-corrected chi connectivity index (χ3v) is 3.81. The van der Waals surface area contributed by atoms with Crippen LogP contribution in [0.2, 0.25) is 0 Å². The van der Waals surface area contributed by atoms with E-state index < -0.39 is 0 Å². The van der Waals surface area contributed by atoms with Crippen LogP contribution in [-0.2, 0) is 0 Å². The van der Waals surface area contributed by atoms with Crippen molar-refractivity contribution < 1.29 is 10.2 Å². The van der Waals surface area contributed by atoms with E-state index in [1.807, 2.05) is 0 Å². The predicted molar refractivity (Wildman–Crippen MR) is 69.7 cm³/mol. The van der Waals surface area contributed by atoms with Gasteiger partial charge >= 0.3 is 0 Å². The van der Waals surface area contributed by atoms with Crippen LogP contribution < -0.4 is 10.2 Å². The van der Waals surface area contributed by atoms with Crippen molar-refractivity contribution in [2.24, 2.45) is 11.3 Å². The molecule has 16 heavy (non-hydrogen) atoms. The van der Waals surface area contributed by atoms with E-state index in [0.29, 0.717) is 5.41 Å². The molecule has 0 heterocycles. The van der Waals surface area contributed by atoms with E-state index in [-0.39, 0.29) is 0 Å². The van der Waals surface area contributed by atoms with Gasteiger partial charge in [-0.2, -0.15) is 0 Å². The zero-order valence-corrected chi connectivity index (χ0v) is 12.0. The van der Waals surface area contributed by atoms with Crippen LogP contribution in [0.15, 0.2) is 0 Å². The van der Waals surface area contributed by atoms with Gasteiger partial charge in [-0.05, 0) is 32.6 Å². The van der Waals surface area contributed by atoms with E-state index in [4.69, 9.17) is 0 Å². The van der Waals surface area contributed by atoms with E-state index >= 15 is 0 Å². The molecular weight excluding hydrogens is 196 g/mol. The molecule has 0 aromatic rings. The third kappa shape index (κ3) is 5.31. The number of rotatable bonds is 5. The predicted octanol–water partition coefficient (Wildman–Crippen LogP) is 0.299. The summed E-state index contributed by atoms with van der Waals surface area (Å²) in [6, 6.07) is 0.903. The first-order valence-electron chi connectivity index (χ1n) is 7.01. The van der Waals surface area contributed by atoms with E-state index in [9.17, 15) is 0 Å². The van der Waals surface area contributed by atoms with Gasteiger partial charge in [0.05, 0.1) is 38.6 Å². The minimum atomic E-state index is 0.472. The zero-order valence-electron chi connectivity index (χ0n) is 12.0. The van der Waals surface area contributed by atoms with Crippen LogP contribution in [0.1, 0.15) is 46.5 Å². The van der Waals surface area contributed by atoms with Crippen LogP contribution in [0.25, 0.3) is 0 Å². The van der Waals surface area contributed by atoms with Crippen LogP contribution in [-0.4, -0.2) is 33.2 Å². The zero-order chi connectivity index (χ0) is 12.2. The number of nitrogens with one attached hydrogen (secondary N) is 1. The molecule has 0 aliphatic heterocycles. The van der Waals surface area contributed by atoms with E-state index in [1.54, 1.807) is 4.90 Å². The van der Waals surface area contributed by atoms with Crippen LogP contribution in [0.5, 0.6) is 0 Å². The second kappa shape index (κ2) is 6.02. The van der Waals surface area contributed by atoms with Crippen LogP contribution in [0, 0.1) is 11.3 Å². The van der Waals surface area contributed by atoms with Gasteiger partial charge in [-0.15, -0.1) is 0 Å². The molecule has 2 nitrogen and oxygen atoms in total. The smallest absolute Gasteiger partial charge is 0.0873 e. The Labute approximate surface area is 102 Å². The summed E-state index contributed by atoms with van der Waals surface area (Å²) in [6.07, 6.45) is 5.78. The van der Waals surface area contributed by atoms with Crippen molar-refractivity contribution in [3.05, 3.63) is 0 Å². The fraction of sp³-hybridized carbons (Fsp3) is 1.00. The Morgan fingerprint density at radius 2 is 1.94 bits per heavy atom. The second-order valence-electron chi connectivity index (χ2n) is 7.02. The molecule has 1 fully saturated rings. The van der Waals surface area contributed by atoms with Crippen molar-refractivity contribution in [1.29, 1.82) is 0 Å². The van der Waals surface area contributed by atoms with Crippen LogP contribution in [0.3, 0.4) is 0 Å². The average Bonchev–Trinajstić information content (AvgIpc) is 2.13. The summed E-state index contributed by atoms with van der Waals surface area (Å²) >= 11 is 0.